The van der Waals surface area contributed by atoms with Crippen LogP contribution in [0.1, 0.15) is 25.0 Å². The Morgan fingerprint density at radius 2 is 2.24 bits per heavy atom. The summed E-state index contributed by atoms with van der Waals surface area (Å²) in [5, 5.41) is 7.87. The summed E-state index contributed by atoms with van der Waals surface area (Å²) in [6.07, 6.45) is 6.86. The SMILES string of the molecule is CN1CCCC(NCCc2ccnn2C)CC1. The summed E-state index contributed by atoms with van der Waals surface area (Å²) in [7, 11) is 4.23. The van der Waals surface area contributed by atoms with Gasteiger partial charge in [0.2, 0.25) is 0 Å². The summed E-state index contributed by atoms with van der Waals surface area (Å²) in [6, 6.07) is 2.80. The van der Waals surface area contributed by atoms with E-state index in [4.69, 9.17) is 0 Å². The van der Waals surface area contributed by atoms with Crippen LogP contribution >= 0.6 is 0 Å². The van der Waals surface area contributed by atoms with E-state index in [1.807, 2.05) is 17.9 Å². The van der Waals surface area contributed by atoms with Crippen molar-refractivity contribution < 1.29 is 0 Å². The maximum Gasteiger partial charge on any atom is 0.0492 e. The highest BCUT2D eigenvalue weighted by molar-refractivity contribution is 5.00. The minimum Gasteiger partial charge on any atom is -0.314 e. The number of likely N-dealkylation sites (tertiary alicyclic amines) is 1. The molecule has 0 amide bonds. The van der Waals surface area contributed by atoms with Crippen molar-refractivity contribution in [1.29, 1.82) is 0 Å². The van der Waals surface area contributed by atoms with Crippen molar-refractivity contribution in [2.75, 3.05) is 26.7 Å². The molecule has 2 heterocycles. The van der Waals surface area contributed by atoms with Crippen LogP contribution in [0.5, 0.6) is 0 Å². The Labute approximate surface area is 104 Å². The molecule has 0 radical (unpaired) electrons. The maximum absolute atomic E-state index is 4.19. The highest BCUT2D eigenvalue weighted by atomic mass is 15.3. The fourth-order valence-corrected chi connectivity index (χ4v) is 2.49. The minimum atomic E-state index is 0.702. The van der Waals surface area contributed by atoms with Gasteiger partial charge in [0.15, 0.2) is 0 Å². The molecule has 96 valence electrons. The number of nitrogens with zero attached hydrogens (tertiary/aromatic N) is 3. The number of rotatable bonds is 4. The Kier molecular flexibility index (Phi) is 4.57. The quantitative estimate of drug-likeness (QED) is 0.848. The minimum absolute atomic E-state index is 0.702. The zero-order valence-corrected chi connectivity index (χ0v) is 11.0. The third kappa shape index (κ3) is 3.82. The molecule has 0 aliphatic carbocycles. The van der Waals surface area contributed by atoms with E-state index in [-0.39, 0.29) is 0 Å². The summed E-state index contributed by atoms with van der Waals surface area (Å²) < 4.78 is 1.96. The van der Waals surface area contributed by atoms with E-state index in [1.54, 1.807) is 0 Å². The van der Waals surface area contributed by atoms with Gasteiger partial charge >= 0.3 is 0 Å². The predicted octanol–water partition coefficient (Wildman–Crippen LogP) is 1.04. The van der Waals surface area contributed by atoms with Gasteiger partial charge in [-0.05, 0) is 45.5 Å². The normalized spacial score (nSPS) is 22.6. The first-order chi connectivity index (χ1) is 8.25. The number of hydrogen-bond donors (Lipinski definition) is 1. The van der Waals surface area contributed by atoms with Gasteiger partial charge in [0, 0.05) is 37.9 Å². The van der Waals surface area contributed by atoms with Gasteiger partial charge in [-0.25, -0.2) is 0 Å². The van der Waals surface area contributed by atoms with Crippen LogP contribution in [0.3, 0.4) is 0 Å². The Hall–Kier alpha value is -0.870. The molecule has 0 bridgehead atoms. The first kappa shape index (κ1) is 12.6. The van der Waals surface area contributed by atoms with Crippen molar-refractivity contribution in [3.63, 3.8) is 0 Å². The third-order valence-corrected chi connectivity index (χ3v) is 3.69. The Morgan fingerprint density at radius 3 is 3.00 bits per heavy atom. The molecular weight excluding hydrogens is 212 g/mol. The molecule has 0 aromatic carbocycles. The second-order valence-corrected chi connectivity index (χ2v) is 5.08. The van der Waals surface area contributed by atoms with E-state index in [0.29, 0.717) is 6.04 Å². The van der Waals surface area contributed by atoms with E-state index >= 15 is 0 Å². The average molecular weight is 236 g/mol. The van der Waals surface area contributed by atoms with E-state index in [9.17, 15) is 0 Å². The molecule has 1 unspecified atom stereocenters. The Balaban J connectivity index is 1.69. The van der Waals surface area contributed by atoms with Crippen LogP contribution in [0, 0.1) is 0 Å². The molecule has 1 aliphatic rings. The average Bonchev–Trinajstić information content (AvgIpc) is 2.59. The fourth-order valence-electron chi connectivity index (χ4n) is 2.49. The second-order valence-electron chi connectivity index (χ2n) is 5.08. The molecule has 1 fully saturated rings. The fraction of sp³-hybridized carbons (Fsp3) is 0.769. The summed E-state index contributed by atoms with van der Waals surface area (Å²) in [5.41, 5.74) is 1.31. The lowest BCUT2D eigenvalue weighted by Gasteiger charge is -2.16. The van der Waals surface area contributed by atoms with Crippen LogP contribution in [-0.2, 0) is 13.5 Å². The van der Waals surface area contributed by atoms with Gasteiger partial charge in [0.1, 0.15) is 0 Å². The molecule has 4 nitrogen and oxygen atoms in total. The van der Waals surface area contributed by atoms with E-state index in [1.165, 1.54) is 38.0 Å². The zero-order valence-electron chi connectivity index (χ0n) is 11.0. The van der Waals surface area contributed by atoms with Gasteiger partial charge in [-0.2, -0.15) is 5.10 Å². The third-order valence-electron chi connectivity index (χ3n) is 3.69. The van der Waals surface area contributed by atoms with Gasteiger partial charge < -0.3 is 10.2 Å². The van der Waals surface area contributed by atoms with Gasteiger partial charge in [-0.1, -0.05) is 0 Å². The molecule has 1 aliphatic heterocycles. The lowest BCUT2D eigenvalue weighted by molar-refractivity contribution is 0.343. The highest BCUT2D eigenvalue weighted by Crippen LogP contribution is 2.09. The molecule has 17 heavy (non-hydrogen) atoms. The van der Waals surface area contributed by atoms with E-state index in [2.05, 4.69) is 28.4 Å². The number of aryl methyl sites for hydroxylation is 1. The molecule has 1 saturated heterocycles. The summed E-state index contributed by atoms with van der Waals surface area (Å²) >= 11 is 0. The van der Waals surface area contributed by atoms with Crippen LogP contribution in [0.25, 0.3) is 0 Å². The molecule has 0 saturated carbocycles. The van der Waals surface area contributed by atoms with Crippen molar-refractivity contribution in [3.05, 3.63) is 18.0 Å². The lowest BCUT2D eigenvalue weighted by atomic mass is 10.1. The Morgan fingerprint density at radius 1 is 1.35 bits per heavy atom. The largest absolute Gasteiger partial charge is 0.314 e. The van der Waals surface area contributed by atoms with E-state index < -0.39 is 0 Å². The van der Waals surface area contributed by atoms with Gasteiger partial charge in [-0.15, -0.1) is 0 Å². The first-order valence-corrected chi connectivity index (χ1v) is 6.64. The lowest BCUT2D eigenvalue weighted by Crippen LogP contribution is -2.32. The Bertz CT molecular complexity index is 334. The molecular formula is C13H24N4. The van der Waals surface area contributed by atoms with Crippen molar-refractivity contribution >= 4 is 0 Å². The van der Waals surface area contributed by atoms with Crippen molar-refractivity contribution in [2.24, 2.45) is 7.05 Å². The number of aromatic nitrogens is 2. The monoisotopic (exact) mass is 236 g/mol. The topological polar surface area (TPSA) is 33.1 Å². The first-order valence-electron chi connectivity index (χ1n) is 6.64. The van der Waals surface area contributed by atoms with Crippen molar-refractivity contribution in [2.45, 2.75) is 31.7 Å². The van der Waals surface area contributed by atoms with Gasteiger partial charge in [0.25, 0.3) is 0 Å². The van der Waals surface area contributed by atoms with Crippen molar-refractivity contribution in [1.82, 2.24) is 20.0 Å². The maximum atomic E-state index is 4.19. The summed E-state index contributed by atoms with van der Waals surface area (Å²) in [5.74, 6) is 0. The van der Waals surface area contributed by atoms with Gasteiger partial charge in [0.05, 0.1) is 0 Å². The van der Waals surface area contributed by atoms with Crippen LogP contribution in [0.4, 0.5) is 0 Å². The summed E-state index contributed by atoms with van der Waals surface area (Å²) in [4.78, 5) is 2.43. The molecule has 1 aromatic heterocycles. The highest BCUT2D eigenvalue weighted by Gasteiger charge is 2.13. The van der Waals surface area contributed by atoms with Crippen LogP contribution < -0.4 is 5.32 Å². The molecule has 4 heteroatoms. The molecule has 0 spiro atoms. The van der Waals surface area contributed by atoms with Crippen LogP contribution in [-0.4, -0.2) is 47.4 Å². The predicted molar refractivity (Wildman–Crippen MR) is 70.1 cm³/mol. The van der Waals surface area contributed by atoms with Crippen molar-refractivity contribution in [3.8, 4) is 0 Å². The van der Waals surface area contributed by atoms with Crippen LogP contribution in [0.15, 0.2) is 12.3 Å². The molecule has 2 rings (SSSR count). The van der Waals surface area contributed by atoms with E-state index in [0.717, 1.165) is 13.0 Å². The second kappa shape index (κ2) is 6.17. The van der Waals surface area contributed by atoms with Gasteiger partial charge in [-0.3, -0.25) is 4.68 Å². The molecule has 1 aromatic rings. The number of hydrogen-bond acceptors (Lipinski definition) is 3. The van der Waals surface area contributed by atoms with Crippen LogP contribution in [0.2, 0.25) is 0 Å². The number of nitrogens with one attached hydrogen (secondary N) is 1. The summed E-state index contributed by atoms with van der Waals surface area (Å²) in [6.45, 7) is 3.54. The smallest absolute Gasteiger partial charge is 0.0492 e. The zero-order chi connectivity index (χ0) is 12.1. The molecule has 1 atom stereocenters. The standard InChI is InChI=1S/C13H24N4/c1-16-10-3-4-12(7-11-16)14-8-5-13-6-9-15-17(13)2/h6,9,12,14H,3-5,7-8,10-11H2,1-2H3. The molecule has 1 N–H and O–H groups in total.